The number of halogens is 2. The van der Waals surface area contributed by atoms with Crippen LogP contribution in [0, 0.1) is 6.92 Å². The molecule has 6 nitrogen and oxygen atoms in total. The molecule has 1 heterocycles. The zero-order valence-electron chi connectivity index (χ0n) is 9.98. The van der Waals surface area contributed by atoms with Crippen LogP contribution in [-0.2, 0) is 0 Å². The number of hydrogen-bond donors (Lipinski definition) is 0. The van der Waals surface area contributed by atoms with Gasteiger partial charge in [0.15, 0.2) is 5.82 Å². The molecule has 0 saturated heterocycles. The van der Waals surface area contributed by atoms with Gasteiger partial charge in [-0.2, -0.15) is 0 Å². The molecule has 2 rings (SSSR count). The molecule has 0 aliphatic rings. The van der Waals surface area contributed by atoms with Gasteiger partial charge in [0, 0.05) is 6.07 Å². The molecule has 0 bridgehead atoms. The number of carbonyl (C=O) groups is 1. The van der Waals surface area contributed by atoms with E-state index in [-0.39, 0.29) is 0 Å². The van der Waals surface area contributed by atoms with Gasteiger partial charge in [-0.1, -0.05) is 23.2 Å². The van der Waals surface area contributed by atoms with Crippen LogP contribution in [0.1, 0.15) is 16.4 Å². The Morgan fingerprint density at radius 2 is 2.05 bits per heavy atom. The van der Waals surface area contributed by atoms with E-state index in [0.29, 0.717) is 27.3 Å². The van der Waals surface area contributed by atoms with E-state index >= 15 is 0 Å². The first kappa shape index (κ1) is 13.6. The molecule has 19 heavy (non-hydrogen) atoms. The number of carbonyl (C=O) groups excluding carboxylic acids is 1. The fourth-order valence-corrected chi connectivity index (χ4v) is 2.08. The Hall–Kier alpha value is -1.79. The zero-order valence-corrected chi connectivity index (χ0v) is 11.5. The van der Waals surface area contributed by atoms with Crippen molar-refractivity contribution in [2.75, 3.05) is 7.11 Å². The van der Waals surface area contributed by atoms with E-state index in [9.17, 15) is 9.90 Å². The van der Waals surface area contributed by atoms with Crippen LogP contribution in [0.3, 0.4) is 0 Å². The van der Waals surface area contributed by atoms with E-state index in [1.807, 2.05) is 0 Å². The summed E-state index contributed by atoms with van der Waals surface area (Å²) < 4.78 is 6.36. The zero-order chi connectivity index (χ0) is 14.2. The van der Waals surface area contributed by atoms with Crippen molar-refractivity contribution >= 4 is 29.2 Å². The summed E-state index contributed by atoms with van der Waals surface area (Å²) in [6, 6.07) is 3.03. The molecule has 0 atom stereocenters. The van der Waals surface area contributed by atoms with Crippen LogP contribution in [-0.4, -0.2) is 27.8 Å². The average molecular weight is 301 g/mol. The minimum absolute atomic E-state index is 0.295. The van der Waals surface area contributed by atoms with Gasteiger partial charge in [0.25, 0.3) is 0 Å². The maximum Gasteiger partial charge on any atom is 0.197 e. The molecule has 0 aliphatic heterocycles. The van der Waals surface area contributed by atoms with E-state index in [1.54, 1.807) is 13.0 Å². The molecule has 0 amide bonds. The third-order valence-corrected chi connectivity index (χ3v) is 3.00. The Bertz CT molecular complexity index is 655. The molecule has 0 N–H and O–H groups in total. The number of aryl methyl sites for hydroxylation is 1. The topological polar surface area (TPSA) is 80.1 Å². The lowest BCUT2D eigenvalue weighted by Crippen LogP contribution is -2.24. The summed E-state index contributed by atoms with van der Waals surface area (Å²) in [6.45, 7) is 1.59. The Morgan fingerprint density at radius 1 is 1.37 bits per heavy atom. The lowest BCUT2D eigenvalue weighted by Gasteiger charge is -2.09. The van der Waals surface area contributed by atoms with E-state index < -0.39 is 11.8 Å². The quantitative estimate of drug-likeness (QED) is 0.852. The summed E-state index contributed by atoms with van der Waals surface area (Å²) >= 11 is 12.0. The van der Waals surface area contributed by atoms with E-state index in [1.165, 1.54) is 17.9 Å². The van der Waals surface area contributed by atoms with Crippen LogP contribution >= 0.6 is 23.2 Å². The molecule has 0 unspecified atom stereocenters. The van der Waals surface area contributed by atoms with Crippen LogP contribution in [0.5, 0.6) is 5.75 Å². The predicted molar refractivity (Wildman–Crippen MR) is 67.0 cm³/mol. The number of aromatic carboxylic acids is 1. The van der Waals surface area contributed by atoms with Crippen molar-refractivity contribution in [1.82, 2.24) is 14.8 Å². The summed E-state index contributed by atoms with van der Waals surface area (Å²) in [5, 5.41) is 15.2. The normalized spacial score (nSPS) is 10.5. The van der Waals surface area contributed by atoms with E-state index in [0.717, 1.165) is 0 Å². The largest absolute Gasteiger partial charge is 0.541 e. The molecular weight excluding hydrogens is 293 g/mol. The van der Waals surface area contributed by atoms with Crippen molar-refractivity contribution < 1.29 is 14.6 Å². The number of ether oxygens (including phenoxy) is 1. The van der Waals surface area contributed by atoms with Crippen molar-refractivity contribution in [3.05, 3.63) is 33.8 Å². The van der Waals surface area contributed by atoms with Crippen molar-refractivity contribution in [3.63, 3.8) is 0 Å². The van der Waals surface area contributed by atoms with Gasteiger partial charge < -0.3 is 14.6 Å². The van der Waals surface area contributed by atoms with Gasteiger partial charge in [-0.15, -0.1) is 5.10 Å². The van der Waals surface area contributed by atoms with Crippen molar-refractivity contribution in [2.24, 2.45) is 0 Å². The highest BCUT2D eigenvalue weighted by atomic mass is 35.5. The smallest absolute Gasteiger partial charge is 0.197 e. The summed E-state index contributed by atoms with van der Waals surface area (Å²) in [7, 11) is 1.46. The van der Waals surface area contributed by atoms with Crippen LogP contribution in [0.2, 0.25) is 10.0 Å². The molecule has 1 aromatic carbocycles. The van der Waals surface area contributed by atoms with Gasteiger partial charge in [0.2, 0.25) is 0 Å². The lowest BCUT2D eigenvalue weighted by atomic mass is 10.3. The first-order chi connectivity index (χ1) is 8.93. The van der Waals surface area contributed by atoms with Gasteiger partial charge in [-0.25, -0.2) is 9.67 Å². The SMILES string of the molecule is COc1cc(-n2nc(C(=O)[O-])nc2C)c(Cl)cc1Cl. The molecule has 1 aromatic heterocycles. The minimum atomic E-state index is -1.46. The van der Waals surface area contributed by atoms with Gasteiger partial charge in [0.1, 0.15) is 17.5 Å². The molecule has 0 aliphatic carbocycles. The number of aromatic nitrogens is 3. The van der Waals surface area contributed by atoms with Gasteiger partial charge in [-0.05, 0) is 13.0 Å². The average Bonchev–Trinajstić information content (AvgIpc) is 2.72. The molecule has 8 heteroatoms. The maximum atomic E-state index is 10.7. The molecule has 0 saturated carbocycles. The number of hydrogen-bond acceptors (Lipinski definition) is 5. The number of rotatable bonds is 3. The Morgan fingerprint density at radius 3 is 2.58 bits per heavy atom. The molecular formula is C11H8Cl2N3O3-. The molecule has 0 fully saturated rings. The first-order valence-corrected chi connectivity index (χ1v) is 5.88. The third-order valence-electron chi connectivity index (χ3n) is 2.40. The second kappa shape index (κ2) is 5.07. The molecule has 0 radical (unpaired) electrons. The van der Waals surface area contributed by atoms with Gasteiger partial charge in [-0.3, -0.25) is 0 Å². The van der Waals surface area contributed by atoms with Crippen LogP contribution in [0.15, 0.2) is 12.1 Å². The monoisotopic (exact) mass is 300 g/mol. The number of benzene rings is 1. The third kappa shape index (κ3) is 2.50. The van der Waals surface area contributed by atoms with Crippen molar-refractivity contribution in [1.29, 1.82) is 0 Å². The molecule has 2 aromatic rings. The summed E-state index contributed by atoms with van der Waals surface area (Å²) in [6.07, 6.45) is 0. The minimum Gasteiger partial charge on any atom is -0.541 e. The Labute approximate surface area is 118 Å². The summed E-state index contributed by atoms with van der Waals surface area (Å²) in [5.74, 6) is -1.13. The second-order valence-corrected chi connectivity index (χ2v) is 4.43. The van der Waals surface area contributed by atoms with Crippen LogP contribution in [0.25, 0.3) is 5.69 Å². The van der Waals surface area contributed by atoms with Crippen LogP contribution in [0.4, 0.5) is 0 Å². The van der Waals surface area contributed by atoms with Gasteiger partial charge in [0.05, 0.1) is 22.8 Å². The summed E-state index contributed by atoms with van der Waals surface area (Å²) in [4.78, 5) is 14.5. The lowest BCUT2D eigenvalue weighted by molar-refractivity contribution is -0.256. The maximum absolute atomic E-state index is 10.7. The van der Waals surface area contributed by atoms with E-state index in [2.05, 4.69) is 10.1 Å². The standard InChI is InChI=1S/C11H9Cl2N3O3/c1-5-14-10(11(17)18)15-16(5)8-4-9(19-2)7(13)3-6(8)12/h3-4H,1-2H3,(H,17,18)/p-1. The highest BCUT2D eigenvalue weighted by Gasteiger charge is 2.14. The Balaban J connectivity index is 2.61. The van der Waals surface area contributed by atoms with Gasteiger partial charge >= 0.3 is 0 Å². The number of carboxylic acids is 1. The number of nitrogens with zero attached hydrogens (tertiary/aromatic N) is 3. The number of carboxylic acid groups (broad SMARTS) is 1. The highest BCUT2D eigenvalue weighted by molar-refractivity contribution is 6.36. The van der Waals surface area contributed by atoms with Crippen molar-refractivity contribution in [2.45, 2.75) is 6.92 Å². The fourth-order valence-electron chi connectivity index (χ4n) is 1.54. The van der Waals surface area contributed by atoms with E-state index in [4.69, 9.17) is 27.9 Å². The molecule has 100 valence electrons. The second-order valence-electron chi connectivity index (χ2n) is 3.62. The highest BCUT2D eigenvalue weighted by Crippen LogP contribution is 2.33. The summed E-state index contributed by atoms with van der Waals surface area (Å²) in [5.41, 5.74) is 0.417. The predicted octanol–water partition coefficient (Wildman–Crippen LogP) is 1.25. The first-order valence-electron chi connectivity index (χ1n) is 5.12. The number of methoxy groups -OCH3 is 1. The van der Waals surface area contributed by atoms with Crippen LogP contribution < -0.4 is 9.84 Å². The Kier molecular flexibility index (Phi) is 3.64. The van der Waals surface area contributed by atoms with Crippen molar-refractivity contribution in [3.8, 4) is 11.4 Å². The fraction of sp³-hybridized carbons (Fsp3) is 0.182. The molecule has 0 spiro atoms.